The van der Waals surface area contributed by atoms with Crippen molar-refractivity contribution in [3.05, 3.63) is 45.7 Å². The van der Waals surface area contributed by atoms with Crippen LogP contribution in [0.15, 0.2) is 29.3 Å². The molecule has 2 N–H and O–H groups in total. The van der Waals surface area contributed by atoms with Crippen LogP contribution in [0.3, 0.4) is 0 Å². The molecule has 2 aromatic carbocycles. The summed E-state index contributed by atoms with van der Waals surface area (Å²) in [4.78, 5) is 35.2. The molecule has 3 aliphatic rings. The molecule has 1 aromatic heterocycles. The van der Waals surface area contributed by atoms with E-state index in [0.29, 0.717) is 29.1 Å². The molecule has 0 radical (unpaired) electrons. The zero-order chi connectivity index (χ0) is 34.6. The number of amides is 2. The maximum absolute atomic E-state index is 17.0. The number of pyridine rings is 1. The van der Waals surface area contributed by atoms with Crippen LogP contribution in [0.4, 0.5) is 25.4 Å². The maximum Gasteiger partial charge on any atom is 0.415 e. The summed E-state index contributed by atoms with van der Waals surface area (Å²) in [7, 11) is 0. The van der Waals surface area contributed by atoms with Gasteiger partial charge in [-0.15, -0.1) is 11.8 Å². The van der Waals surface area contributed by atoms with E-state index in [1.54, 1.807) is 77.0 Å². The van der Waals surface area contributed by atoms with Crippen LogP contribution >= 0.6 is 35.0 Å². The van der Waals surface area contributed by atoms with Crippen molar-refractivity contribution in [2.45, 2.75) is 89.1 Å². The summed E-state index contributed by atoms with van der Waals surface area (Å²) in [6, 6.07) is 7.88. The third kappa shape index (κ3) is 6.65. The molecule has 2 saturated heterocycles. The predicted molar refractivity (Wildman–Crippen MR) is 185 cm³/mol. The van der Waals surface area contributed by atoms with E-state index in [0.717, 1.165) is 0 Å². The number of benzene rings is 2. The Bertz CT molecular complexity index is 1800. The highest BCUT2D eigenvalue weighted by atomic mass is 35.5. The quantitative estimate of drug-likeness (QED) is 0.253. The minimum absolute atomic E-state index is 0.0328. The largest absolute Gasteiger partial charge is 0.444 e. The second kappa shape index (κ2) is 12.9. The lowest BCUT2D eigenvalue weighted by Gasteiger charge is -2.44. The van der Waals surface area contributed by atoms with Crippen LogP contribution in [0.1, 0.15) is 59.9 Å². The molecule has 13 heteroatoms. The Balaban J connectivity index is 1.77. The molecule has 47 heavy (non-hydrogen) atoms. The average molecular weight is 703 g/mol. The molecule has 0 unspecified atom stereocenters. The highest BCUT2D eigenvalue weighted by Gasteiger charge is 2.59. The Morgan fingerprint density at radius 3 is 2.49 bits per heavy atom. The molecule has 9 nitrogen and oxygen atoms in total. The number of thioether (sulfide) groups is 1. The Labute approximate surface area is 288 Å². The topological polar surface area (TPSA) is 122 Å². The highest BCUT2D eigenvalue weighted by Crippen LogP contribution is 2.51. The number of aromatic nitrogens is 1. The van der Waals surface area contributed by atoms with Crippen LogP contribution in [0.2, 0.25) is 10.0 Å². The van der Waals surface area contributed by atoms with E-state index < -0.39 is 35.2 Å². The number of carbonyl (C=O) groups excluding carboxylic acids is 2. The minimum Gasteiger partial charge on any atom is -0.444 e. The molecule has 3 aromatic rings. The van der Waals surface area contributed by atoms with E-state index in [2.05, 4.69) is 11.1 Å². The third-order valence-electron chi connectivity index (χ3n) is 8.21. The first-order valence-corrected chi connectivity index (χ1v) is 17.3. The van der Waals surface area contributed by atoms with Crippen molar-refractivity contribution in [2.75, 3.05) is 23.4 Å². The van der Waals surface area contributed by atoms with Crippen molar-refractivity contribution in [2.24, 2.45) is 5.92 Å². The number of hydrogen-bond acceptors (Lipinski definition) is 8. The Hall–Kier alpha value is -3.46. The van der Waals surface area contributed by atoms with Gasteiger partial charge in [-0.05, 0) is 78.3 Å². The van der Waals surface area contributed by atoms with Gasteiger partial charge in [-0.1, -0.05) is 35.3 Å². The third-order valence-corrected chi connectivity index (χ3v) is 9.72. The van der Waals surface area contributed by atoms with Crippen molar-refractivity contribution < 1.29 is 23.5 Å². The molecular weight excluding hydrogens is 664 g/mol. The number of halogens is 3. The van der Waals surface area contributed by atoms with Crippen molar-refractivity contribution in [3.8, 4) is 17.2 Å². The van der Waals surface area contributed by atoms with Crippen LogP contribution in [-0.4, -0.2) is 58.2 Å². The van der Waals surface area contributed by atoms with Gasteiger partial charge in [-0.2, -0.15) is 5.26 Å². The molecule has 2 bridgehead atoms. The van der Waals surface area contributed by atoms with Crippen molar-refractivity contribution in [3.63, 3.8) is 0 Å². The lowest BCUT2D eigenvalue weighted by molar-refractivity contribution is 0.0217. The number of nitrogens with two attached hydrogens (primary N) is 1. The molecule has 0 spiro atoms. The molecule has 1 saturated carbocycles. The lowest BCUT2D eigenvalue weighted by Crippen LogP contribution is -2.59. The smallest absolute Gasteiger partial charge is 0.415 e. The summed E-state index contributed by atoms with van der Waals surface area (Å²) in [5.41, 5.74) is 6.60. The number of carbonyl (C=O) groups is 2. The number of aryl methyl sites for hydroxylation is 1. The van der Waals surface area contributed by atoms with Gasteiger partial charge < -0.3 is 20.1 Å². The predicted octanol–water partition coefficient (Wildman–Crippen LogP) is 8.86. The molecule has 1 aliphatic carbocycles. The fourth-order valence-corrected chi connectivity index (χ4v) is 7.25. The number of hydrogen-bond donors (Lipinski definition) is 1. The summed E-state index contributed by atoms with van der Waals surface area (Å²) >= 11 is 14.1. The summed E-state index contributed by atoms with van der Waals surface area (Å²) in [5.74, 6) is -0.792. The van der Waals surface area contributed by atoms with Crippen LogP contribution in [0.25, 0.3) is 22.0 Å². The van der Waals surface area contributed by atoms with Crippen LogP contribution in [-0.2, 0) is 15.9 Å². The first kappa shape index (κ1) is 34.9. The van der Waals surface area contributed by atoms with E-state index in [-0.39, 0.29) is 62.7 Å². The van der Waals surface area contributed by atoms with Gasteiger partial charge in [0.2, 0.25) is 0 Å². The van der Waals surface area contributed by atoms with Crippen LogP contribution < -0.4 is 10.6 Å². The summed E-state index contributed by atoms with van der Waals surface area (Å²) in [6.45, 7) is 11.0. The van der Waals surface area contributed by atoms with Gasteiger partial charge >= 0.3 is 12.2 Å². The maximum atomic E-state index is 17.0. The Morgan fingerprint density at radius 2 is 1.87 bits per heavy atom. The number of ether oxygens (including phenoxy) is 2. The molecule has 3 atom stereocenters. The van der Waals surface area contributed by atoms with Gasteiger partial charge in [0.05, 0.1) is 39.6 Å². The zero-order valence-electron chi connectivity index (χ0n) is 27.4. The SMILES string of the molecule is CSc1nc2c(F)c(-c3cccc(Cl)c3Cl)c(CCC#N)cc2c(N(C(=O)OC(C)(C)C)[C@H]2[C@@H]3C[C@H]2N(C(=O)OC(C)(C)C)C3)c1N. The summed E-state index contributed by atoms with van der Waals surface area (Å²) in [5, 5.41) is 10.5. The Kier molecular flexibility index (Phi) is 9.54. The standard InChI is InChI=1S/C34H38Cl2FN5O4S/c1-33(2,3)45-31(43)41-16-18-15-22(41)28(18)42(32(44)46-34(4,5)6)29-20-14-17(10-9-13-38)23(19-11-8-12-21(35)24(19)36)25(37)27(20)40-30(47-7)26(29)39/h8,11-12,14,18,22,28H,9-10,15-16,39H2,1-7H3/t18-,22-,28+/m1/s1. The van der Waals surface area contributed by atoms with E-state index >= 15 is 4.39 Å². The van der Waals surface area contributed by atoms with Gasteiger partial charge in [0.1, 0.15) is 21.7 Å². The minimum atomic E-state index is -0.872. The summed E-state index contributed by atoms with van der Waals surface area (Å²) < 4.78 is 28.6. The van der Waals surface area contributed by atoms with E-state index in [4.69, 9.17) is 38.4 Å². The van der Waals surface area contributed by atoms with E-state index in [1.165, 1.54) is 16.7 Å². The van der Waals surface area contributed by atoms with Crippen molar-refractivity contribution >= 4 is 69.4 Å². The molecule has 3 fully saturated rings. The number of nitrogen functional groups attached to an aromatic ring is 1. The second-order valence-corrected chi connectivity index (χ2v) is 15.4. The van der Waals surface area contributed by atoms with Gasteiger partial charge in [0.15, 0.2) is 5.82 Å². The second-order valence-electron chi connectivity index (χ2n) is 13.8. The molecule has 250 valence electrons. The van der Waals surface area contributed by atoms with Gasteiger partial charge in [0.25, 0.3) is 0 Å². The van der Waals surface area contributed by atoms with Crippen molar-refractivity contribution in [1.82, 2.24) is 9.88 Å². The van der Waals surface area contributed by atoms with E-state index in [9.17, 15) is 14.9 Å². The van der Waals surface area contributed by atoms with Gasteiger partial charge in [-0.3, -0.25) is 4.90 Å². The summed E-state index contributed by atoms with van der Waals surface area (Å²) in [6.07, 6.45) is 1.53. The van der Waals surface area contributed by atoms with Crippen LogP contribution in [0, 0.1) is 23.1 Å². The first-order valence-electron chi connectivity index (χ1n) is 15.3. The fourth-order valence-electron chi connectivity index (χ4n) is 6.36. The molecule has 2 amide bonds. The number of rotatable bonds is 6. The van der Waals surface area contributed by atoms with E-state index in [1.807, 2.05) is 0 Å². The number of nitrogens with zero attached hydrogens (tertiary/aromatic N) is 4. The normalized spacial score (nSPS) is 18.9. The number of fused-ring (bicyclic) bond motifs is 2. The zero-order valence-corrected chi connectivity index (χ0v) is 29.7. The molecule has 3 heterocycles. The molecule has 2 aliphatic heterocycles. The average Bonchev–Trinajstić information content (AvgIpc) is 3.56. The van der Waals surface area contributed by atoms with Gasteiger partial charge in [-0.25, -0.2) is 19.0 Å². The van der Waals surface area contributed by atoms with Gasteiger partial charge in [0, 0.05) is 35.4 Å². The highest BCUT2D eigenvalue weighted by molar-refractivity contribution is 7.98. The van der Waals surface area contributed by atoms with Crippen molar-refractivity contribution in [1.29, 1.82) is 5.26 Å². The molecule has 6 rings (SSSR count). The number of anilines is 2. The van der Waals surface area contributed by atoms with Crippen LogP contribution in [0.5, 0.6) is 0 Å². The fraction of sp³-hybridized carbons (Fsp3) is 0.471. The Morgan fingerprint density at radius 1 is 1.19 bits per heavy atom. The molecular formula is C34H38Cl2FN5O4S. The monoisotopic (exact) mass is 701 g/mol. The lowest BCUT2D eigenvalue weighted by atomic mass is 9.78. The number of nitriles is 1. The first-order chi connectivity index (χ1) is 22.0.